The van der Waals surface area contributed by atoms with Gasteiger partial charge in [-0.25, -0.2) is 17.1 Å². The molecule has 0 amide bonds. The number of hydrogen-bond donors (Lipinski definition) is 0. The molecule has 4 nitrogen and oxygen atoms in total. The summed E-state index contributed by atoms with van der Waals surface area (Å²) >= 11 is 0. The highest BCUT2D eigenvalue weighted by atomic mass is 32.2. The predicted octanol–water partition coefficient (Wildman–Crippen LogP) is 1.88. The van der Waals surface area contributed by atoms with E-state index in [4.69, 9.17) is 4.74 Å². The number of sulfonamides is 1. The number of benzene rings is 1. The molecule has 0 aromatic heterocycles. The van der Waals surface area contributed by atoms with Gasteiger partial charge in [-0.2, -0.15) is 0 Å². The van der Waals surface area contributed by atoms with E-state index < -0.39 is 15.8 Å². The van der Waals surface area contributed by atoms with E-state index in [0.717, 1.165) is 0 Å². The van der Waals surface area contributed by atoms with Crippen LogP contribution in [0.1, 0.15) is 13.3 Å². The summed E-state index contributed by atoms with van der Waals surface area (Å²) in [7, 11) is -1.72. The molecule has 1 rings (SSSR count). The van der Waals surface area contributed by atoms with Gasteiger partial charge in [0.1, 0.15) is 6.61 Å². The van der Waals surface area contributed by atoms with E-state index in [1.54, 1.807) is 19.1 Å². The van der Waals surface area contributed by atoms with Crippen molar-refractivity contribution >= 4 is 10.0 Å². The monoisotopic (exact) mass is 275 g/mol. The molecule has 18 heavy (non-hydrogen) atoms. The minimum atomic E-state index is -3.22. The van der Waals surface area contributed by atoms with Gasteiger partial charge in [0.25, 0.3) is 0 Å². The van der Waals surface area contributed by atoms with E-state index in [9.17, 15) is 12.8 Å². The second kappa shape index (κ2) is 6.70. The van der Waals surface area contributed by atoms with Crippen LogP contribution in [0.3, 0.4) is 0 Å². The fourth-order valence-electron chi connectivity index (χ4n) is 1.40. The molecule has 0 atom stereocenters. The van der Waals surface area contributed by atoms with Gasteiger partial charge in [0, 0.05) is 13.6 Å². The van der Waals surface area contributed by atoms with Gasteiger partial charge >= 0.3 is 0 Å². The normalized spacial score (nSPS) is 11.8. The minimum Gasteiger partial charge on any atom is -0.489 e. The van der Waals surface area contributed by atoms with Gasteiger partial charge in [-0.3, -0.25) is 0 Å². The predicted molar refractivity (Wildman–Crippen MR) is 68.6 cm³/mol. The van der Waals surface area contributed by atoms with Crippen LogP contribution in [0.2, 0.25) is 0 Å². The molecule has 0 spiro atoms. The zero-order valence-electron chi connectivity index (χ0n) is 10.6. The summed E-state index contributed by atoms with van der Waals surface area (Å²) in [6.07, 6.45) is 0.570. The fourth-order valence-corrected chi connectivity index (χ4v) is 2.58. The van der Waals surface area contributed by atoms with E-state index in [1.165, 1.54) is 23.5 Å². The molecule has 102 valence electrons. The summed E-state index contributed by atoms with van der Waals surface area (Å²) in [5, 5.41) is 0. The molecule has 0 heterocycles. The number of hydrogen-bond acceptors (Lipinski definition) is 3. The summed E-state index contributed by atoms with van der Waals surface area (Å²) in [5.74, 6) is -0.196. The second-order valence-corrected chi connectivity index (χ2v) is 6.11. The van der Waals surface area contributed by atoms with Crippen molar-refractivity contribution in [1.29, 1.82) is 0 Å². The van der Waals surface area contributed by atoms with E-state index >= 15 is 0 Å². The van der Waals surface area contributed by atoms with Crippen LogP contribution in [-0.4, -0.2) is 38.7 Å². The van der Waals surface area contributed by atoms with Crippen LogP contribution in [0.5, 0.6) is 5.75 Å². The molecule has 0 aliphatic rings. The molecule has 1 aromatic carbocycles. The van der Waals surface area contributed by atoms with Crippen molar-refractivity contribution in [1.82, 2.24) is 4.31 Å². The molecular weight excluding hydrogens is 257 g/mol. The maximum atomic E-state index is 13.2. The van der Waals surface area contributed by atoms with E-state index in [0.29, 0.717) is 6.42 Å². The Morgan fingerprint density at radius 3 is 2.61 bits per heavy atom. The lowest BCUT2D eigenvalue weighted by Crippen LogP contribution is -2.32. The van der Waals surface area contributed by atoms with E-state index in [1.807, 2.05) is 0 Å². The van der Waals surface area contributed by atoms with Crippen LogP contribution >= 0.6 is 0 Å². The summed E-state index contributed by atoms with van der Waals surface area (Å²) < 4.78 is 42.9. The van der Waals surface area contributed by atoms with Gasteiger partial charge in [-0.05, 0) is 18.6 Å². The minimum absolute atomic E-state index is 0.114. The summed E-state index contributed by atoms with van der Waals surface area (Å²) in [6, 6.07) is 6.04. The maximum absolute atomic E-state index is 13.2. The van der Waals surface area contributed by atoms with Crippen LogP contribution < -0.4 is 4.74 Å². The molecule has 0 bridgehead atoms. The Labute approximate surface area is 107 Å². The third-order valence-corrected chi connectivity index (χ3v) is 4.49. The molecule has 1 aromatic rings. The number of likely N-dealkylation sites (N-methyl/N-ethyl adjacent to an activating group) is 1. The maximum Gasteiger partial charge on any atom is 0.213 e. The van der Waals surface area contributed by atoms with Gasteiger partial charge in [-0.15, -0.1) is 0 Å². The van der Waals surface area contributed by atoms with Crippen molar-refractivity contribution < 1.29 is 17.5 Å². The third-order valence-electron chi connectivity index (χ3n) is 2.44. The van der Waals surface area contributed by atoms with Crippen LogP contribution in [-0.2, 0) is 10.0 Å². The molecule has 6 heteroatoms. The highest BCUT2D eigenvalue weighted by molar-refractivity contribution is 7.89. The van der Waals surface area contributed by atoms with Crippen molar-refractivity contribution in [3.05, 3.63) is 30.1 Å². The number of rotatable bonds is 7. The largest absolute Gasteiger partial charge is 0.489 e. The molecule has 0 unspecified atom stereocenters. The molecule has 0 aliphatic heterocycles. The molecule has 0 saturated heterocycles. The second-order valence-electron chi connectivity index (χ2n) is 3.92. The van der Waals surface area contributed by atoms with E-state index in [-0.39, 0.29) is 24.7 Å². The zero-order valence-corrected chi connectivity index (χ0v) is 11.4. The van der Waals surface area contributed by atoms with E-state index in [2.05, 4.69) is 0 Å². The smallest absolute Gasteiger partial charge is 0.213 e. The average Bonchev–Trinajstić information content (AvgIpc) is 2.31. The van der Waals surface area contributed by atoms with Crippen LogP contribution in [0, 0.1) is 5.82 Å². The van der Waals surface area contributed by atoms with Gasteiger partial charge in [-0.1, -0.05) is 19.1 Å². The lowest BCUT2D eigenvalue weighted by atomic mass is 10.3. The quantitative estimate of drug-likeness (QED) is 0.763. The zero-order chi connectivity index (χ0) is 13.6. The first-order valence-electron chi connectivity index (χ1n) is 5.78. The number of halogens is 1. The Balaban J connectivity index is 2.45. The SMILES string of the molecule is CCCS(=O)(=O)N(C)CCOc1ccccc1F. The Morgan fingerprint density at radius 2 is 2.00 bits per heavy atom. The fraction of sp³-hybridized carbons (Fsp3) is 0.500. The Morgan fingerprint density at radius 1 is 1.33 bits per heavy atom. The van der Waals surface area contributed by atoms with Crippen molar-refractivity contribution in [2.45, 2.75) is 13.3 Å². The van der Waals surface area contributed by atoms with Gasteiger partial charge < -0.3 is 4.74 Å². The molecule has 0 N–H and O–H groups in total. The topological polar surface area (TPSA) is 46.6 Å². The molecule has 0 radical (unpaired) electrons. The summed E-state index contributed by atoms with van der Waals surface area (Å²) in [4.78, 5) is 0. The van der Waals surface area contributed by atoms with Gasteiger partial charge in [0.15, 0.2) is 11.6 Å². The highest BCUT2D eigenvalue weighted by Gasteiger charge is 2.16. The lowest BCUT2D eigenvalue weighted by molar-refractivity contribution is 0.275. The molecule has 0 saturated carbocycles. The third kappa shape index (κ3) is 4.27. The highest BCUT2D eigenvalue weighted by Crippen LogP contribution is 2.15. The first-order chi connectivity index (χ1) is 8.47. The summed E-state index contributed by atoms with van der Waals surface area (Å²) in [5.41, 5.74) is 0. The van der Waals surface area contributed by atoms with Crippen molar-refractivity contribution in [3.8, 4) is 5.75 Å². The first-order valence-corrected chi connectivity index (χ1v) is 7.39. The number of nitrogens with zero attached hydrogens (tertiary/aromatic N) is 1. The molecule has 0 fully saturated rings. The standard InChI is InChI=1S/C12H18FNO3S/c1-3-10-18(15,16)14(2)8-9-17-12-7-5-4-6-11(12)13/h4-7H,3,8-10H2,1-2H3. The van der Waals surface area contributed by atoms with Crippen LogP contribution in [0.4, 0.5) is 4.39 Å². The van der Waals surface area contributed by atoms with Crippen molar-refractivity contribution in [2.75, 3.05) is 26.0 Å². The van der Waals surface area contributed by atoms with Crippen LogP contribution in [0.15, 0.2) is 24.3 Å². The average molecular weight is 275 g/mol. The summed E-state index contributed by atoms with van der Waals surface area (Å²) in [6.45, 7) is 2.14. The lowest BCUT2D eigenvalue weighted by Gasteiger charge is -2.17. The van der Waals surface area contributed by atoms with Gasteiger partial charge in [0.2, 0.25) is 10.0 Å². The Bertz CT molecular complexity index is 476. The Hall–Kier alpha value is -1.14. The first kappa shape index (κ1) is 14.9. The molecule has 0 aliphatic carbocycles. The number of ether oxygens (including phenoxy) is 1. The van der Waals surface area contributed by atoms with Gasteiger partial charge in [0.05, 0.1) is 5.75 Å². The Kier molecular flexibility index (Phi) is 5.55. The van der Waals surface area contributed by atoms with Crippen molar-refractivity contribution in [2.24, 2.45) is 0 Å². The van der Waals surface area contributed by atoms with Crippen LogP contribution in [0.25, 0.3) is 0 Å². The number of para-hydroxylation sites is 1. The molecular formula is C12H18FNO3S. The van der Waals surface area contributed by atoms with Crippen molar-refractivity contribution in [3.63, 3.8) is 0 Å².